The molecule has 0 aliphatic rings. The van der Waals surface area contributed by atoms with Crippen LogP contribution in [-0.4, -0.2) is 23.3 Å². The molecule has 0 fully saturated rings. The van der Waals surface area contributed by atoms with Crippen molar-refractivity contribution in [2.75, 3.05) is 11.9 Å². The van der Waals surface area contributed by atoms with E-state index in [1.807, 2.05) is 0 Å². The highest BCUT2D eigenvalue weighted by Gasteiger charge is 2.13. The second-order valence-electron chi connectivity index (χ2n) is 5.96. The average molecular weight is 381 g/mol. The fraction of sp³-hybridized carbons (Fsp3) is 0.0952. The van der Waals surface area contributed by atoms with E-state index in [0.29, 0.717) is 12.0 Å². The molecule has 0 saturated carbocycles. The lowest BCUT2D eigenvalue weighted by atomic mass is 10.1. The molecule has 1 aromatic heterocycles. The molecule has 2 N–H and O–H groups in total. The Morgan fingerprint density at radius 3 is 2.36 bits per heavy atom. The average Bonchev–Trinajstić information content (AvgIpc) is 2.71. The lowest BCUT2D eigenvalue weighted by molar-refractivity contribution is 0.0949. The zero-order valence-corrected chi connectivity index (χ0v) is 14.8. The van der Waals surface area contributed by atoms with Gasteiger partial charge in [0.2, 0.25) is 0 Å². The maximum atomic E-state index is 13.7. The smallest absolute Gasteiger partial charge is 0.269 e. The zero-order chi connectivity index (χ0) is 19.9. The summed E-state index contributed by atoms with van der Waals surface area (Å²) >= 11 is 0. The summed E-state index contributed by atoms with van der Waals surface area (Å²) in [5.74, 6) is -1.94. The number of benzene rings is 2. The molecular weight excluding hydrogens is 364 g/mol. The Morgan fingerprint density at radius 1 is 0.893 bits per heavy atom. The molecule has 3 rings (SSSR count). The van der Waals surface area contributed by atoms with Gasteiger partial charge >= 0.3 is 0 Å². The van der Waals surface area contributed by atoms with Crippen LogP contribution in [0, 0.1) is 11.6 Å². The van der Waals surface area contributed by atoms with Gasteiger partial charge in [0.25, 0.3) is 11.8 Å². The van der Waals surface area contributed by atoms with Crippen LogP contribution in [0.5, 0.6) is 0 Å². The maximum Gasteiger partial charge on any atom is 0.269 e. The van der Waals surface area contributed by atoms with E-state index in [1.54, 1.807) is 24.3 Å². The number of nitrogens with zero attached hydrogens (tertiary/aromatic N) is 1. The van der Waals surface area contributed by atoms with Crippen LogP contribution >= 0.6 is 0 Å². The SMILES string of the molecule is O=C(Nc1ccccc1F)c1ccnc(C(=O)NCCc2ccccc2F)c1. The summed E-state index contributed by atoms with van der Waals surface area (Å²) in [6.45, 7) is 0.215. The first-order valence-corrected chi connectivity index (χ1v) is 8.58. The van der Waals surface area contributed by atoms with Gasteiger partial charge in [0, 0.05) is 18.3 Å². The lowest BCUT2D eigenvalue weighted by Crippen LogP contribution is -2.27. The van der Waals surface area contributed by atoms with E-state index >= 15 is 0 Å². The molecule has 142 valence electrons. The number of anilines is 1. The van der Waals surface area contributed by atoms with Crippen molar-refractivity contribution < 1.29 is 18.4 Å². The lowest BCUT2D eigenvalue weighted by Gasteiger charge is -2.08. The predicted octanol–water partition coefficient (Wildman–Crippen LogP) is 3.58. The molecule has 0 atom stereocenters. The second kappa shape index (κ2) is 8.85. The number of halogens is 2. The van der Waals surface area contributed by atoms with Gasteiger partial charge in [-0.25, -0.2) is 8.78 Å². The Kier molecular flexibility index (Phi) is 6.06. The highest BCUT2D eigenvalue weighted by molar-refractivity contribution is 6.05. The number of hydrogen-bond donors (Lipinski definition) is 2. The summed E-state index contributed by atoms with van der Waals surface area (Å²) in [6, 6.07) is 14.8. The summed E-state index contributed by atoms with van der Waals surface area (Å²) in [5, 5.41) is 5.09. The molecule has 1 heterocycles. The zero-order valence-electron chi connectivity index (χ0n) is 14.8. The summed E-state index contributed by atoms with van der Waals surface area (Å²) in [6.07, 6.45) is 1.65. The number of para-hydroxylation sites is 1. The van der Waals surface area contributed by atoms with E-state index in [0.717, 1.165) is 0 Å². The fourth-order valence-electron chi connectivity index (χ4n) is 2.56. The Hall–Kier alpha value is -3.61. The van der Waals surface area contributed by atoms with Gasteiger partial charge in [-0.05, 0) is 42.3 Å². The molecule has 2 amide bonds. The van der Waals surface area contributed by atoms with Crippen LogP contribution in [0.4, 0.5) is 14.5 Å². The van der Waals surface area contributed by atoms with Gasteiger partial charge in [-0.15, -0.1) is 0 Å². The Labute approximate surface area is 160 Å². The van der Waals surface area contributed by atoms with Crippen molar-refractivity contribution in [1.82, 2.24) is 10.3 Å². The normalized spacial score (nSPS) is 10.4. The van der Waals surface area contributed by atoms with Crippen LogP contribution in [0.2, 0.25) is 0 Å². The van der Waals surface area contributed by atoms with Gasteiger partial charge in [0.15, 0.2) is 0 Å². The van der Waals surface area contributed by atoms with Crippen molar-refractivity contribution in [3.05, 3.63) is 95.3 Å². The minimum Gasteiger partial charge on any atom is -0.350 e. The summed E-state index contributed by atoms with van der Waals surface area (Å²) in [5.41, 5.74) is 0.737. The van der Waals surface area contributed by atoms with E-state index < -0.39 is 17.6 Å². The minimum absolute atomic E-state index is 0.0368. The molecule has 7 heteroatoms. The van der Waals surface area contributed by atoms with Crippen molar-refractivity contribution in [3.8, 4) is 0 Å². The van der Waals surface area contributed by atoms with Crippen molar-refractivity contribution in [2.45, 2.75) is 6.42 Å². The van der Waals surface area contributed by atoms with E-state index in [2.05, 4.69) is 15.6 Å². The number of nitrogens with one attached hydrogen (secondary N) is 2. The van der Waals surface area contributed by atoms with Gasteiger partial charge < -0.3 is 10.6 Å². The number of carbonyl (C=O) groups excluding carboxylic acids is 2. The fourth-order valence-corrected chi connectivity index (χ4v) is 2.56. The summed E-state index contributed by atoms with van der Waals surface area (Å²) in [4.78, 5) is 28.5. The molecule has 28 heavy (non-hydrogen) atoms. The standard InChI is InChI=1S/C21H17F2N3O2/c22-16-6-2-1-5-14(16)9-12-25-21(28)19-13-15(10-11-24-19)20(27)26-18-8-4-3-7-17(18)23/h1-8,10-11,13H,9,12H2,(H,25,28)(H,26,27). The van der Waals surface area contributed by atoms with Crippen LogP contribution in [0.25, 0.3) is 0 Å². The largest absolute Gasteiger partial charge is 0.350 e. The maximum absolute atomic E-state index is 13.7. The third kappa shape index (κ3) is 4.76. The van der Waals surface area contributed by atoms with Crippen LogP contribution in [0.3, 0.4) is 0 Å². The topological polar surface area (TPSA) is 71.1 Å². The third-order valence-corrected chi connectivity index (χ3v) is 4.01. The number of aromatic nitrogens is 1. The van der Waals surface area contributed by atoms with Crippen LogP contribution in [0.15, 0.2) is 66.9 Å². The number of rotatable bonds is 6. The summed E-state index contributed by atoms with van der Waals surface area (Å²) in [7, 11) is 0. The first kappa shape index (κ1) is 19.2. The predicted molar refractivity (Wildman–Crippen MR) is 101 cm³/mol. The molecule has 0 aliphatic heterocycles. The van der Waals surface area contributed by atoms with E-state index in [1.165, 1.54) is 42.6 Å². The first-order chi connectivity index (χ1) is 13.5. The molecule has 5 nitrogen and oxygen atoms in total. The molecule has 0 spiro atoms. The van der Waals surface area contributed by atoms with Crippen LogP contribution in [0.1, 0.15) is 26.4 Å². The highest BCUT2D eigenvalue weighted by Crippen LogP contribution is 2.14. The van der Waals surface area contributed by atoms with Crippen molar-refractivity contribution in [1.29, 1.82) is 0 Å². The molecule has 0 unspecified atom stereocenters. The van der Waals surface area contributed by atoms with Gasteiger partial charge in [-0.3, -0.25) is 14.6 Å². The van der Waals surface area contributed by atoms with Crippen molar-refractivity contribution >= 4 is 17.5 Å². The molecule has 3 aromatic rings. The molecular formula is C21H17F2N3O2. The van der Waals surface area contributed by atoms with Crippen molar-refractivity contribution in [3.63, 3.8) is 0 Å². The van der Waals surface area contributed by atoms with Gasteiger partial charge in [0.1, 0.15) is 17.3 Å². The van der Waals surface area contributed by atoms with Crippen molar-refractivity contribution in [2.24, 2.45) is 0 Å². The Bertz CT molecular complexity index is 1010. The number of amides is 2. The monoisotopic (exact) mass is 381 g/mol. The van der Waals surface area contributed by atoms with Crippen LogP contribution < -0.4 is 10.6 Å². The third-order valence-electron chi connectivity index (χ3n) is 4.01. The van der Waals surface area contributed by atoms with Gasteiger partial charge in [-0.1, -0.05) is 30.3 Å². The number of pyridine rings is 1. The minimum atomic E-state index is -0.562. The molecule has 0 saturated heterocycles. The molecule has 0 aliphatic carbocycles. The number of carbonyl (C=O) groups is 2. The first-order valence-electron chi connectivity index (χ1n) is 8.58. The number of hydrogen-bond acceptors (Lipinski definition) is 3. The quantitative estimate of drug-likeness (QED) is 0.686. The Morgan fingerprint density at radius 2 is 1.61 bits per heavy atom. The summed E-state index contributed by atoms with van der Waals surface area (Å²) < 4.78 is 27.3. The van der Waals surface area contributed by atoms with Crippen LogP contribution in [-0.2, 0) is 6.42 Å². The highest BCUT2D eigenvalue weighted by atomic mass is 19.1. The van der Waals surface area contributed by atoms with E-state index in [9.17, 15) is 18.4 Å². The molecule has 0 bridgehead atoms. The van der Waals surface area contributed by atoms with Gasteiger partial charge in [-0.2, -0.15) is 0 Å². The Balaban J connectivity index is 1.62. The van der Waals surface area contributed by atoms with Gasteiger partial charge in [0.05, 0.1) is 5.69 Å². The molecule has 2 aromatic carbocycles. The molecule has 0 radical (unpaired) electrons. The van der Waals surface area contributed by atoms with E-state index in [-0.39, 0.29) is 29.3 Å². The van der Waals surface area contributed by atoms with E-state index in [4.69, 9.17) is 0 Å². The second-order valence-corrected chi connectivity index (χ2v) is 5.96.